The number of anilines is 4. The van der Waals surface area contributed by atoms with E-state index in [1.54, 1.807) is 129 Å². The van der Waals surface area contributed by atoms with Gasteiger partial charge in [-0.25, -0.2) is 68.7 Å². The fourth-order valence-electron chi connectivity index (χ4n) is 8.80. The van der Waals surface area contributed by atoms with E-state index < -0.39 is 65.8 Å². The zero-order chi connectivity index (χ0) is 95.5. The van der Waals surface area contributed by atoms with Gasteiger partial charge < -0.3 is 57.5 Å². The number of amides is 5. The average Bonchev–Trinajstić information content (AvgIpc) is 1.80. The molecule has 41 heteroatoms. The van der Waals surface area contributed by atoms with Gasteiger partial charge in [0.05, 0.1) is 59.6 Å². The number of Topliss-reactive ketones (excluding diaryl/α,β-unsaturated/α-hetero) is 2. The number of methoxy groups -OCH3 is 1. The number of nitrogens with zero attached hydrogens (tertiary/aromatic N) is 10. The molecule has 0 aliphatic heterocycles. The van der Waals surface area contributed by atoms with Gasteiger partial charge in [0.1, 0.15) is 62.8 Å². The lowest BCUT2D eigenvalue weighted by atomic mass is 9.83. The molecule has 7 N–H and O–H groups in total. The number of esters is 1. The number of nitrogens with one attached hydrogen (secondary N) is 4. The smallest absolute Gasteiger partial charge is 0.476 e. The first kappa shape index (κ1) is 111. The van der Waals surface area contributed by atoms with Crippen molar-refractivity contribution < 1.29 is 95.7 Å². The second-order valence-electron chi connectivity index (χ2n) is 30.7. The lowest BCUT2D eigenvalue weighted by Crippen LogP contribution is -2.27. The molecule has 0 aromatic carbocycles. The minimum Gasteiger partial charge on any atom is -0.476 e. The van der Waals surface area contributed by atoms with Crippen LogP contribution in [0.2, 0.25) is 0 Å². The predicted octanol–water partition coefficient (Wildman–Crippen LogP) is 19.4. The number of aromatic carboxylic acids is 1. The minimum atomic E-state index is -1.41. The van der Waals surface area contributed by atoms with Crippen molar-refractivity contribution in [3.8, 4) is 11.1 Å². The van der Waals surface area contributed by atoms with Gasteiger partial charge in [-0.15, -0.1) is 0 Å². The van der Waals surface area contributed by atoms with Crippen molar-refractivity contribution >= 4 is 185 Å². The number of ketones is 2. The highest BCUT2D eigenvalue weighted by Gasteiger charge is 2.25. The molecule has 0 saturated heterocycles. The Bertz CT molecular complexity index is 4990. The van der Waals surface area contributed by atoms with E-state index in [2.05, 4.69) is 173 Å². The number of aryl methyl sites for hydroxylation is 3. The molecule has 5 amide bonds. The number of rotatable bonds is 16. The number of carboxylic acid groups (broad SMARTS) is 1. The molecule has 0 bridgehead atoms. The van der Waals surface area contributed by atoms with Gasteiger partial charge in [-0.1, -0.05) is 0 Å². The molecule has 0 radical (unpaired) electrons. The molecule has 125 heavy (non-hydrogen) atoms. The highest BCUT2D eigenvalue weighted by atomic mass is 79.9. The zero-order valence-corrected chi connectivity index (χ0v) is 83.8. The van der Waals surface area contributed by atoms with Gasteiger partial charge in [-0.3, -0.25) is 40.5 Å². The van der Waals surface area contributed by atoms with Crippen LogP contribution in [0.4, 0.5) is 42.4 Å². The summed E-state index contributed by atoms with van der Waals surface area (Å²) in [6, 6.07) is 28.0. The molecule has 0 aliphatic carbocycles. The minimum absolute atomic E-state index is 0.0602. The Morgan fingerprint density at radius 1 is 0.416 bits per heavy atom. The lowest BCUT2D eigenvalue weighted by Gasteiger charge is -2.23. The SMILES string of the molecule is CC(=O)c1nc(NC(=O)OC(C)(C)C)ccc1Br.CC(=O)c1nc(NC(=O)OC(C)(C)C)ccc1Br.CC(c1nc(NC(=O)OC(C)(C)C)ccc1-c1ccoc1)N(C)C.CC(c1nc(NC(=O)OC(C)(C)C)ccc1Br)N(C)C.COC(=O)c1nc(C)ccc1Br.CON(C)C(=O)c1nc(C)ccc1Br.Cc1ccc(Br)c(C(=O)O)n1.OB(O)c1ccoc1. The number of carboxylic acids is 1. The van der Waals surface area contributed by atoms with E-state index in [0.717, 1.165) is 43.4 Å². The van der Waals surface area contributed by atoms with Crippen LogP contribution in [0.3, 0.4) is 0 Å². The molecule has 2 atom stereocenters. The summed E-state index contributed by atoms with van der Waals surface area (Å²) in [6.45, 7) is 33.8. The van der Waals surface area contributed by atoms with Crippen molar-refractivity contribution in [2.24, 2.45) is 0 Å². The summed E-state index contributed by atoms with van der Waals surface area (Å²) < 4.78 is 38.8. The summed E-state index contributed by atoms with van der Waals surface area (Å²) in [5.41, 5.74) is 5.33. The van der Waals surface area contributed by atoms with E-state index in [4.69, 9.17) is 43.4 Å². The van der Waals surface area contributed by atoms with Crippen LogP contribution in [0.5, 0.6) is 0 Å². The van der Waals surface area contributed by atoms with Crippen LogP contribution in [0.15, 0.2) is 158 Å². The Labute approximate surface area is 778 Å². The molecule has 9 aromatic rings. The van der Waals surface area contributed by atoms with E-state index in [0.29, 0.717) is 56.5 Å². The number of aromatic nitrogens is 7. The molecule has 0 aliphatic rings. The summed E-state index contributed by atoms with van der Waals surface area (Å²) in [5, 5.41) is 36.8. The molecule has 2 unspecified atom stereocenters. The lowest BCUT2D eigenvalue weighted by molar-refractivity contribution is -0.0761. The number of carbonyl (C=O) groups excluding carboxylic acids is 8. The van der Waals surface area contributed by atoms with Gasteiger partial charge in [0.2, 0.25) is 0 Å². The highest BCUT2D eigenvalue weighted by Crippen LogP contribution is 2.32. The third-order valence-corrected chi connectivity index (χ3v) is 18.9. The average molecular weight is 2120 g/mol. The number of furan rings is 2. The quantitative estimate of drug-likeness (QED) is 0.0155. The van der Waals surface area contributed by atoms with Crippen LogP contribution in [0.25, 0.3) is 11.1 Å². The van der Waals surface area contributed by atoms with Gasteiger partial charge in [0.25, 0.3) is 5.91 Å². The molecular weight excluding hydrogens is 2020 g/mol. The molecule has 0 saturated carbocycles. The fourth-order valence-corrected chi connectivity index (χ4v) is 11.5. The largest absolute Gasteiger partial charge is 0.491 e. The molecule has 9 rings (SSSR count). The number of hydrogen-bond acceptors (Lipinski definition) is 28. The monoisotopic (exact) mass is 2120 g/mol. The van der Waals surface area contributed by atoms with E-state index in [-0.39, 0.29) is 58.3 Å². The van der Waals surface area contributed by atoms with E-state index in [1.807, 2.05) is 126 Å². The van der Waals surface area contributed by atoms with Crippen molar-refractivity contribution in [3.05, 3.63) is 206 Å². The Morgan fingerprint density at radius 2 is 0.736 bits per heavy atom. The Morgan fingerprint density at radius 3 is 1.06 bits per heavy atom. The standard InChI is InChI=1S/C18H25N3O3.C14H22BrN3O2.2C12H15BrN2O3.C9H11BrN2O2.C8H8BrNO2.C7H6BrNO2.C4H5BO3/c1-12(21(5)6)16-14(13-9-10-23-11-13)7-8-15(19-16)20-17(22)24-18(2,3)4;1-9(18(5)6)12-10(15)7-8-11(16-12)17-13(19)20-14(2,3)4;2*1-7(16)10-8(13)5-6-9(14-10)15-11(17)18-12(2,3)4;1-6-4-5-7(10)8(11-6)9(13)12(2)14-3;1-5-3-4-6(9)7(10-5)8(11)12-2;1-4-2-3-5(8)6(9-4)7(10)11;6-5(7)4-1-2-8-3-4/h7-12H,1-6H3,(H,19,20,22);7-9H,1-6H3,(H,16,17,19);2*5-6H,1-4H3,(H,14,15,17);4-5H,1-3H3;3-4H,1-2H3;2-3H,1H3,(H,10,11);1-3,6-7H. The number of hydrogen-bond donors (Lipinski definition) is 7. The van der Waals surface area contributed by atoms with Crippen molar-refractivity contribution in [2.45, 2.75) is 166 Å². The summed E-state index contributed by atoms with van der Waals surface area (Å²) >= 11 is 19.5. The molecule has 0 spiro atoms. The molecule has 34 nitrogen and oxygen atoms in total. The van der Waals surface area contributed by atoms with Crippen LogP contribution in [0, 0.1) is 20.8 Å². The molecule has 9 heterocycles. The number of hydroxylamine groups is 2. The van der Waals surface area contributed by atoms with Gasteiger partial charge in [-0.05, 0) is 339 Å². The predicted molar refractivity (Wildman–Crippen MR) is 497 cm³/mol. The maximum Gasteiger partial charge on any atom is 0.491 e. The molecule has 0 fully saturated rings. The normalized spacial score (nSPS) is 11.2. The van der Waals surface area contributed by atoms with Gasteiger partial charge >= 0.3 is 43.4 Å². The Balaban J connectivity index is 0.000000492. The van der Waals surface area contributed by atoms with Crippen LogP contribution in [-0.2, 0) is 28.5 Å². The van der Waals surface area contributed by atoms with Crippen LogP contribution in [-0.4, -0.2) is 198 Å². The highest BCUT2D eigenvalue weighted by molar-refractivity contribution is 9.11. The van der Waals surface area contributed by atoms with Crippen LogP contribution in [0.1, 0.15) is 204 Å². The van der Waals surface area contributed by atoms with E-state index in [9.17, 15) is 43.2 Å². The van der Waals surface area contributed by atoms with E-state index >= 15 is 0 Å². The first-order valence-corrected chi connectivity index (χ1v) is 42.3. The van der Waals surface area contributed by atoms with Crippen molar-refractivity contribution in [1.82, 2.24) is 49.8 Å². The Hall–Kier alpha value is -9.82. The third kappa shape index (κ3) is 42.8. The summed E-state index contributed by atoms with van der Waals surface area (Å²) in [5.74, 6) is -0.597. The van der Waals surface area contributed by atoms with Gasteiger partial charge in [-0.2, -0.15) is 0 Å². The first-order chi connectivity index (χ1) is 57.8. The molecule has 9 aromatic heterocycles. The van der Waals surface area contributed by atoms with Gasteiger partial charge in [0.15, 0.2) is 23.0 Å². The molecule has 678 valence electrons. The summed E-state index contributed by atoms with van der Waals surface area (Å²) in [7, 11) is 10.8. The maximum atomic E-state index is 12.0. The first-order valence-electron chi connectivity index (χ1n) is 37.6. The summed E-state index contributed by atoms with van der Waals surface area (Å²) in [6.07, 6.45) is 3.75. The molecular formula is C84H107BBr6N14O20. The second-order valence-corrected chi connectivity index (χ2v) is 35.8. The van der Waals surface area contributed by atoms with Gasteiger partial charge in [0, 0.05) is 84.5 Å². The van der Waals surface area contributed by atoms with Crippen molar-refractivity contribution in [3.63, 3.8) is 0 Å². The number of pyridine rings is 7. The van der Waals surface area contributed by atoms with Crippen molar-refractivity contribution in [2.75, 3.05) is 70.7 Å². The van der Waals surface area contributed by atoms with Crippen LogP contribution < -0.4 is 26.7 Å². The number of ether oxygens (including phenoxy) is 5. The van der Waals surface area contributed by atoms with Crippen LogP contribution >= 0.6 is 95.6 Å². The number of halogens is 6. The fraction of sp³-hybridized carbons (Fsp3) is 0.381. The van der Waals surface area contributed by atoms with E-state index in [1.165, 1.54) is 46.7 Å². The second kappa shape index (κ2) is 52.3. The third-order valence-electron chi connectivity index (χ3n) is 15.0. The Kier molecular flexibility index (Phi) is 46.6. The number of carbonyl (C=O) groups is 9. The maximum absolute atomic E-state index is 12.0. The van der Waals surface area contributed by atoms with Crippen molar-refractivity contribution in [1.29, 1.82) is 0 Å². The topological polar surface area (TPSA) is 444 Å². The zero-order valence-electron chi connectivity index (χ0n) is 74.3. The summed E-state index contributed by atoms with van der Waals surface area (Å²) in [4.78, 5) is 141.